The van der Waals surface area contributed by atoms with Crippen molar-refractivity contribution in [3.05, 3.63) is 29.8 Å². The lowest BCUT2D eigenvalue weighted by molar-refractivity contribution is 0.0442. The van der Waals surface area contributed by atoms with Gasteiger partial charge in [0.2, 0.25) is 0 Å². The van der Waals surface area contributed by atoms with E-state index in [4.69, 9.17) is 9.47 Å². The Kier molecular flexibility index (Phi) is 6.71. The summed E-state index contributed by atoms with van der Waals surface area (Å²) in [5.74, 6) is 0.901. The first-order valence-electron chi connectivity index (χ1n) is 6.57. The molecule has 0 saturated carbocycles. The van der Waals surface area contributed by atoms with Crippen LogP contribution in [0.2, 0.25) is 0 Å². The van der Waals surface area contributed by atoms with Crippen LogP contribution in [0.3, 0.4) is 0 Å². The Morgan fingerprint density at radius 2 is 1.76 bits per heavy atom. The molecule has 0 radical (unpaired) electrons. The predicted molar refractivity (Wildman–Crippen MR) is 71.5 cm³/mol. The van der Waals surface area contributed by atoms with Crippen molar-refractivity contribution in [3.8, 4) is 5.75 Å². The molecule has 96 valence electrons. The monoisotopic (exact) mass is 236 g/mol. The van der Waals surface area contributed by atoms with Gasteiger partial charge in [-0.2, -0.15) is 0 Å². The number of hydrogen-bond donors (Lipinski definition) is 0. The van der Waals surface area contributed by atoms with Crippen LogP contribution in [-0.2, 0) is 4.74 Å². The summed E-state index contributed by atoms with van der Waals surface area (Å²) in [6.07, 6.45) is 4.77. The maximum atomic E-state index is 5.94. The molecular weight excluding hydrogens is 212 g/mol. The highest BCUT2D eigenvalue weighted by atomic mass is 16.5. The normalized spacial score (nSPS) is 12.4. The van der Waals surface area contributed by atoms with E-state index >= 15 is 0 Å². The van der Waals surface area contributed by atoms with Crippen LogP contribution in [-0.4, -0.2) is 13.7 Å². The number of hydrogen-bond acceptors (Lipinski definition) is 2. The first kappa shape index (κ1) is 14.0. The summed E-state index contributed by atoms with van der Waals surface area (Å²) < 4.78 is 11.1. The summed E-state index contributed by atoms with van der Waals surface area (Å²) in [5.41, 5.74) is 1.25. The molecule has 1 rings (SSSR count). The lowest BCUT2D eigenvalue weighted by Gasteiger charge is -2.18. The van der Waals surface area contributed by atoms with E-state index in [0.717, 1.165) is 31.6 Å². The van der Waals surface area contributed by atoms with Crippen LogP contribution in [0.4, 0.5) is 0 Å². The Hall–Kier alpha value is -1.02. The predicted octanol–water partition coefficient (Wildman–Crippen LogP) is 4.35. The Bertz CT molecular complexity index is 292. The fourth-order valence-corrected chi connectivity index (χ4v) is 1.80. The molecule has 0 N–H and O–H groups in total. The Labute approximate surface area is 105 Å². The standard InChI is InChI=1S/C15H24O2/c1-4-6-12-17-15(7-5-2)13-8-10-14(16-3)11-9-13/h8-11,15H,4-7,12H2,1-3H3. The van der Waals surface area contributed by atoms with E-state index in [9.17, 15) is 0 Å². The fraction of sp³-hybridized carbons (Fsp3) is 0.600. The Morgan fingerprint density at radius 1 is 1.06 bits per heavy atom. The van der Waals surface area contributed by atoms with E-state index in [1.807, 2.05) is 12.1 Å². The van der Waals surface area contributed by atoms with Gasteiger partial charge >= 0.3 is 0 Å². The van der Waals surface area contributed by atoms with Gasteiger partial charge in [-0.15, -0.1) is 0 Å². The summed E-state index contributed by atoms with van der Waals surface area (Å²) in [6.45, 7) is 5.23. The molecule has 0 spiro atoms. The molecule has 0 aromatic heterocycles. The SMILES string of the molecule is CCCCOC(CCC)c1ccc(OC)cc1. The quantitative estimate of drug-likeness (QED) is 0.625. The minimum Gasteiger partial charge on any atom is -0.497 e. The largest absolute Gasteiger partial charge is 0.497 e. The summed E-state index contributed by atoms with van der Waals surface area (Å²) in [5, 5.41) is 0. The molecule has 1 unspecified atom stereocenters. The number of ether oxygens (including phenoxy) is 2. The Morgan fingerprint density at radius 3 is 2.29 bits per heavy atom. The average molecular weight is 236 g/mol. The van der Waals surface area contributed by atoms with Crippen LogP contribution in [0.5, 0.6) is 5.75 Å². The first-order chi connectivity index (χ1) is 8.31. The van der Waals surface area contributed by atoms with Gasteiger partial charge < -0.3 is 9.47 Å². The highest BCUT2D eigenvalue weighted by molar-refractivity contribution is 5.28. The highest BCUT2D eigenvalue weighted by Crippen LogP contribution is 2.25. The molecule has 2 nitrogen and oxygen atoms in total. The van der Waals surface area contributed by atoms with Gasteiger partial charge in [-0.25, -0.2) is 0 Å². The lowest BCUT2D eigenvalue weighted by Crippen LogP contribution is -2.05. The molecule has 1 atom stereocenters. The first-order valence-corrected chi connectivity index (χ1v) is 6.57. The van der Waals surface area contributed by atoms with Gasteiger partial charge in [0.25, 0.3) is 0 Å². The molecule has 0 aliphatic rings. The molecule has 17 heavy (non-hydrogen) atoms. The van der Waals surface area contributed by atoms with Crippen molar-refractivity contribution in [2.45, 2.75) is 45.6 Å². The van der Waals surface area contributed by atoms with Crippen molar-refractivity contribution in [2.75, 3.05) is 13.7 Å². The Balaban J connectivity index is 2.60. The van der Waals surface area contributed by atoms with Crippen molar-refractivity contribution < 1.29 is 9.47 Å². The number of methoxy groups -OCH3 is 1. The van der Waals surface area contributed by atoms with Gasteiger partial charge in [0.05, 0.1) is 13.2 Å². The lowest BCUT2D eigenvalue weighted by atomic mass is 10.0. The number of benzene rings is 1. The smallest absolute Gasteiger partial charge is 0.118 e. The second-order valence-corrected chi connectivity index (χ2v) is 4.27. The molecule has 2 heteroatoms. The third kappa shape index (κ3) is 4.78. The molecule has 0 saturated heterocycles. The van der Waals surface area contributed by atoms with Crippen molar-refractivity contribution >= 4 is 0 Å². The molecule has 0 heterocycles. The second-order valence-electron chi connectivity index (χ2n) is 4.27. The molecule has 1 aromatic carbocycles. The summed E-state index contributed by atoms with van der Waals surface area (Å²) in [6, 6.07) is 8.21. The van der Waals surface area contributed by atoms with Crippen molar-refractivity contribution in [3.63, 3.8) is 0 Å². The van der Waals surface area contributed by atoms with Gasteiger partial charge in [-0.1, -0.05) is 38.8 Å². The third-order valence-corrected chi connectivity index (χ3v) is 2.86. The van der Waals surface area contributed by atoms with Crippen LogP contribution < -0.4 is 4.74 Å². The fourth-order valence-electron chi connectivity index (χ4n) is 1.80. The van der Waals surface area contributed by atoms with E-state index in [2.05, 4.69) is 26.0 Å². The van der Waals surface area contributed by atoms with Gasteiger partial charge in [0.15, 0.2) is 0 Å². The van der Waals surface area contributed by atoms with E-state index in [1.165, 1.54) is 12.0 Å². The molecule has 0 fully saturated rings. The van der Waals surface area contributed by atoms with Crippen LogP contribution in [0, 0.1) is 0 Å². The maximum Gasteiger partial charge on any atom is 0.118 e. The average Bonchev–Trinajstić information content (AvgIpc) is 2.38. The summed E-state index contributed by atoms with van der Waals surface area (Å²) in [7, 11) is 1.69. The molecule has 0 aliphatic carbocycles. The maximum absolute atomic E-state index is 5.94. The van der Waals surface area contributed by atoms with Gasteiger partial charge in [0, 0.05) is 6.61 Å². The van der Waals surface area contributed by atoms with Crippen molar-refractivity contribution in [1.82, 2.24) is 0 Å². The van der Waals surface area contributed by atoms with E-state index in [1.54, 1.807) is 7.11 Å². The molecular formula is C15H24O2. The number of unbranched alkanes of at least 4 members (excludes halogenated alkanes) is 1. The van der Waals surface area contributed by atoms with Gasteiger partial charge in [-0.05, 0) is 30.5 Å². The molecule has 1 aromatic rings. The van der Waals surface area contributed by atoms with Gasteiger partial charge in [-0.3, -0.25) is 0 Å². The number of rotatable bonds is 8. The second kappa shape index (κ2) is 8.13. The topological polar surface area (TPSA) is 18.5 Å². The van der Waals surface area contributed by atoms with E-state index in [-0.39, 0.29) is 6.10 Å². The van der Waals surface area contributed by atoms with E-state index in [0.29, 0.717) is 0 Å². The van der Waals surface area contributed by atoms with Gasteiger partial charge in [0.1, 0.15) is 5.75 Å². The summed E-state index contributed by atoms with van der Waals surface area (Å²) >= 11 is 0. The molecule has 0 bridgehead atoms. The van der Waals surface area contributed by atoms with Crippen molar-refractivity contribution in [1.29, 1.82) is 0 Å². The van der Waals surface area contributed by atoms with Crippen LogP contribution in [0.15, 0.2) is 24.3 Å². The minimum absolute atomic E-state index is 0.234. The zero-order chi connectivity index (χ0) is 12.5. The van der Waals surface area contributed by atoms with Crippen LogP contribution in [0.1, 0.15) is 51.2 Å². The summed E-state index contributed by atoms with van der Waals surface area (Å²) in [4.78, 5) is 0. The minimum atomic E-state index is 0.234. The molecule has 0 aliphatic heterocycles. The van der Waals surface area contributed by atoms with Crippen molar-refractivity contribution in [2.24, 2.45) is 0 Å². The van der Waals surface area contributed by atoms with Crippen LogP contribution in [0.25, 0.3) is 0 Å². The zero-order valence-electron chi connectivity index (χ0n) is 11.2. The zero-order valence-corrected chi connectivity index (χ0v) is 11.2. The third-order valence-electron chi connectivity index (χ3n) is 2.86. The van der Waals surface area contributed by atoms with Crippen LogP contribution >= 0.6 is 0 Å². The molecule has 0 amide bonds. The van der Waals surface area contributed by atoms with E-state index < -0.39 is 0 Å². The highest BCUT2D eigenvalue weighted by Gasteiger charge is 2.10.